The van der Waals surface area contributed by atoms with Crippen LogP contribution in [0.3, 0.4) is 0 Å². The predicted octanol–water partition coefficient (Wildman–Crippen LogP) is 1.02. The number of ether oxygens (including phenoxy) is 1. The minimum absolute atomic E-state index is 0.118. The van der Waals surface area contributed by atoms with Crippen molar-refractivity contribution in [2.45, 2.75) is 37.9 Å². The molecule has 4 heterocycles. The summed E-state index contributed by atoms with van der Waals surface area (Å²) in [5.41, 5.74) is 1.14. The van der Waals surface area contributed by atoms with Gasteiger partial charge in [0.15, 0.2) is 0 Å². The number of carbonyl (C=O) groups is 3. The van der Waals surface area contributed by atoms with E-state index in [2.05, 4.69) is 10.9 Å². The zero-order valence-electron chi connectivity index (χ0n) is 15.2. The predicted molar refractivity (Wildman–Crippen MR) is 95.9 cm³/mol. The highest BCUT2D eigenvalue weighted by Crippen LogP contribution is 2.42. The Labute approximate surface area is 161 Å². The van der Waals surface area contributed by atoms with E-state index < -0.39 is 30.1 Å². The van der Waals surface area contributed by atoms with Gasteiger partial charge in [-0.3, -0.25) is 4.79 Å². The molecule has 2 bridgehead atoms. The molecule has 0 aromatic carbocycles. The number of nitrogens with zero attached hydrogens (tertiary/aromatic N) is 5. The summed E-state index contributed by atoms with van der Waals surface area (Å²) in [5, 5.41) is 9.02. The lowest BCUT2D eigenvalue weighted by molar-refractivity contribution is -0.121. The Morgan fingerprint density at radius 1 is 1.46 bits per heavy atom. The topological polar surface area (TPSA) is 107 Å². The molecule has 1 aromatic heterocycles. The second kappa shape index (κ2) is 6.54. The van der Waals surface area contributed by atoms with Crippen LogP contribution in [0.25, 0.3) is 0 Å². The van der Waals surface area contributed by atoms with Crippen LogP contribution in [0.2, 0.25) is 0 Å². The molecule has 4 rings (SSSR count). The molecule has 3 saturated heterocycles. The molecule has 0 radical (unpaired) electrons. The van der Waals surface area contributed by atoms with Gasteiger partial charge in [-0.1, -0.05) is 0 Å². The van der Waals surface area contributed by atoms with Crippen LogP contribution in [-0.4, -0.2) is 64.1 Å². The third-order valence-electron chi connectivity index (χ3n) is 5.40. The summed E-state index contributed by atoms with van der Waals surface area (Å²) >= 11 is 0. The van der Waals surface area contributed by atoms with Gasteiger partial charge in [-0.25, -0.2) is 19.5 Å². The molecule has 3 aliphatic heterocycles. The van der Waals surface area contributed by atoms with Crippen LogP contribution in [0.1, 0.15) is 24.1 Å². The summed E-state index contributed by atoms with van der Waals surface area (Å²) in [6.45, 7) is 2.14. The first-order chi connectivity index (χ1) is 13.5. The molecular formula is C19H17N5O4. The largest absolute Gasteiger partial charge is 0.448 e. The van der Waals surface area contributed by atoms with E-state index in [-0.39, 0.29) is 18.3 Å². The van der Waals surface area contributed by atoms with Crippen molar-refractivity contribution < 1.29 is 19.1 Å². The van der Waals surface area contributed by atoms with Gasteiger partial charge >= 0.3 is 12.1 Å². The number of amides is 4. The molecule has 3 atom stereocenters. The average Bonchev–Trinajstić information content (AvgIpc) is 3.33. The molecule has 0 N–H and O–H groups in total. The molecule has 0 spiro atoms. The van der Waals surface area contributed by atoms with Gasteiger partial charge in [-0.05, 0) is 25.0 Å². The number of aryl methyl sites for hydroxylation is 1. The number of likely N-dealkylation sites (tertiary alicyclic amines) is 1. The van der Waals surface area contributed by atoms with E-state index in [0.717, 1.165) is 4.90 Å². The van der Waals surface area contributed by atoms with Gasteiger partial charge in [0.1, 0.15) is 24.4 Å². The fourth-order valence-electron chi connectivity index (χ4n) is 4.18. The first kappa shape index (κ1) is 17.8. The van der Waals surface area contributed by atoms with Crippen LogP contribution in [0.4, 0.5) is 15.3 Å². The summed E-state index contributed by atoms with van der Waals surface area (Å²) in [6.07, 6.45) is 6.85. The summed E-state index contributed by atoms with van der Waals surface area (Å²) in [5.74, 6) is 2.00. The second-order valence-corrected chi connectivity index (χ2v) is 6.96. The normalized spacial score (nSPS) is 25.0. The minimum atomic E-state index is -0.734. The monoisotopic (exact) mass is 379 g/mol. The van der Waals surface area contributed by atoms with Crippen molar-refractivity contribution in [1.29, 1.82) is 5.26 Å². The Bertz CT molecular complexity index is 962. The molecule has 142 valence electrons. The van der Waals surface area contributed by atoms with Crippen LogP contribution in [-0.2, 0) is 9.53 Å². The maximum atomic E-state index is 13.0. The fraction of sp³-hybridized carbons (Fsp3) is 0.421. The SMILES string of the molecule is C#CCCOC(=O)N1CC2CC1[C@@H]1C(=O)N(c3cnc(C#N)c(C)c3)C(=O)N21. The highest BCUT2D eigenvalue weighted by Gasteiger charge is 2.63. The van der Waals surface area contributed by atoms with Gasteiger partial charge in [0.25, 0.3) is 5.91 Å². The molecule has 3 aliphatic rings. The Kier molecular flexibility index (Phi) is 4.16. The van der Waals surface area contributed by atoms with E-state index in [4.69, 9.17) is 16.4 Å². The fourth-order valence-corrected chi connectivity index (χ4v) is 4.18. The molecule has 4 amide bonds. The first-order valence-electron chi connectivity index (χ1n) is 8.87. The highest BCUT2D eigenvalue weighted by atomic mass is 16.6. The van der Waals surface area contributed by atoms with Crippen molar-refractivity contribution in [3.05, 3.63) is 23.5 Å². The number of fused-ring (bicyclic) bond motifs is 5. The first-order valence-corrected chi connectivity index (χ1v) is 8.87. The summed E-state index contributed by atoms with van der Waals surface area (Å²) in [6, 6.07) is 1.75. The zero-order chi connectivity index (χ0) is 20.0. The summed E-state index contributed by atoms with van der Waals surface area (Å²) < 4.78 is 5.16. The number of urea groups is 1. The molecule has 3 fully saturated rings. The number of hydrogen-bond acceptors (Lipinski definition) is 6. The van der Waals surface area contributed by atoms with E-state index in [1.54, 1.807) is 17.9 Å². The molecule has 0 aliphatic carbocycles. The van der Waals surface area contributed by atoms with Gasteiger partial charge in [-0.15, -0.1) is 12.3 Å². The van der Waals surface area contributed by atoms with Crippen LogP contribution in [0, 0.1) is 30.6 Å². The number of aromatic nitrogens is 1. The molecule has 0 saturated carbocycles. The Balaban J connectivity index is 1.57. The minimum Gasteiger partial charge on any atom is -0.448 e. The van der Waals surface area contributed by atoms with Crippen LogP contribution >= 0.6 is 0 Å². The van der Waals surface area contributed by atoms with Gasteiger partial charge in [0, 0.05) is 13.0 Å². The maximum Gasteiger partial charge on any atom is 0.410 e. The van der Waals surface area contributed by atoms with Gasteiger partial charge < -0.3 is 14.5 Å². The number of anilines is 1. The third-order valence-corrected chi connectivity index (χ3v) is 5.40. The maximum absolute atomic E-state index is 13.0. The third kappa shape index (κ3) is 2.48. The quantitative estimate of drug-likeness (QED) is 0.441. The molecule has 9 heteroatoms. The number of pyridine rings is 1. The Hall–Kier alpha value is -3.59. The van der Waals surface area contributed by atoms with Crippen molar-refractivity contribution in [1.82, 2.24) is 14.8 Å². The van der Waals surface area contributed by atoms with E-state index in [1.165, 1.54) is 11.1 Å². The van der Waals surface area contributed by atoms with Gasteiger partial charge in [-0.2, -0.15) is 5.26 Å². The molecule has 2 unspecified atom stereocenters. The Morgan fingerprint density at radius 3 is 2.93 bits per heavy atom. The van der Waals surface area contributed by atoms with Crippen molar-refractivity contribution in [2.75, 3.05) is 18.1 Å². The van der Waals surface area contributed by atoms with Crippen molar-refractivity contribution in [2.24, 2.45) is 0 Å². The standard InChI is InChI=1S/C19H17N5O4/c1-3-4-5-28-19(27)22-10-13-7-15(22)16-17(25)24(18(26)23(13)16)12-6-11(2)14(8-20)21-9-12/h1,6,9,13,15-16H,4-5,7,10H2,2H3/t13?,15?,16-/m1/s1. The van der Waals surface area contributed by atoms with Crippen molar-refractivity contribution in [3.8, 4) is 18.4 Å². The summed E-state index contributed by atoms with van der Waals surface area (Å²) in [4.78, 5) is 46.4. The second-order valence-electron chi connectivity index (χ2n) is 6.96. The van der Waals surface area contributed by atoms with Crippen molar-refractivity contribution >= 4 is 23.7 Å². The Morgan fingerprint density at radius 2 is 2.25 bits per heavy atom. The number of nitriles is 1. The molecule has 1 aromatic rings. The van der Waals surface area contributed by atoms with Crippen LogP contribution in [0.15, 0.2) is 12.3 Å². The number of carbonyl (C=O) groups excluding carboxylic acids is 3. The number of hydrogen-bond donors (Lipinski definition) is 0. The number of imide groups is 1. The van der Waals surface area contributed by atoms with E-state index in [9.17, 15) is 14.4 Å². The summed E-state index contributed by atoms with van der Waals surface area (Å²) in [7, 11) is 0. The molecular weight excluding hydrogens is 362 g/mol. The van der Waals surface area contributed by atoms with Gasteiger partial charge in [0.2, 0.25) is 0 Å². The highest BCUT2D eigenvalue weighted by molar-refractivity contribution is 6.22. The van der Waals surface area contributed by atoms with Crippen LogP contribution < -0.4 is 4.90 Å². The number of terminal acetylenes is 1. The van der Waals surface area contributed by atoms with Crippen molar-refractivity contribution in [3.63, 3.8) is 0 Å². The van der Waals surface area contributed by atoms with E-state index in [1.807, 2.05) is 6.07 Å². The van der Waals surface area contributed by atoms with E-state index >= 15 is 0 Å². The smallest absolute Gasteiger partial charge is 0.410 e. The zero-order valence-corrected chi connectivity index (χ0v) is 15.2. The average molecular weight is 379 g/mol. The number of piperazine rings is 1. The lowest BCUT2D eigenvalue weighted by Gasteiger charge is -2.34. The number of rotatable bonds is 3. The lowest BCUT2D eigenvalue weighted by atomic mass is 10.1. The van der Waals surface area contributed by atoms with E-state index in [0.29, 0.717) is 30.6 Å². The lowest BCUT2D eigenvalue weighted by Crippen LogP contribution is -2.55. The molecule has 9 nitrogen and oxygen atoms in total. The van der Waals surface area contributed by atoms with Gasteiger partial charge in [0.05, 0.1) is 24.0 Å². The molecule has 28 heavy (non-hydrogen) atoms. The van der Waals surface area contributed by atoms with Crippen LogP contribution in [0.5, 0.6) is 0 Å².